The molecule has 0 bridgehead atoms. The van der Waals surface area contributed by atoms with Gasteiger partial charge in [0.25, 0.3) is 0 Å². The standard InChI is InChI=1S/C19H23NO3/c1-2-17-16(15-5-3-4-6-18(15)23-17)11-12-19(22)20-13-7-9-14(21)10-8-13/h3-6,11-14,21H,2,7-10H2,1H3,(H,20,22)/b12-11+. The van der Waals surface area contributed by atoms with Crippen LogP contribution in [0.4, 0.5) is 0 Å². The molecule has 2 aromatic rings. The summed E-state index contributed by atoms with van der Waals surface area (Å²) >= 11 is 0. The summed E-state index contributed by atoms with van der Waals surface area (Å²) < 4.78 is 5.83. The number of rotatable bonds is 4. The molecule has 0 atom stereocenters. The van der Waals surface area contributed by atoms with Crippen LogP contribution in [0.1, 0.15) is 43.9 Å². The van der Waals surface area contributed by atoms with Crippen LogP contribution < -0.4 is 5.32 Å². The molecule has 0 radical (unpaired) electrons. The van der Waals surface area contributed by atoms with E-state index < -0.39 is 0 Å². The molecule has 4 nitrogen and oxygen atoms in total. The van der Waals surface area contributed by atoms with E-state index in [4.69, 9.17) is 4.42 Å². The Hall–Kier alpha value is -2.07. The lowest BCUT2D eigenvalue weighted by atomic mass is 9.93. The number of furan rings is 1. The topological polar surface area (TPSA) is 62.5 Å². The molecular weight excluding hydrogens is 290 g/mol. The summed E-state index contributed by atoms with van der Waals surface area (Å²) in [5.41, 5.74) is 1.84. The monoisotopic (exact) mass is 313 g/mol. The zero-order chi connectivity index (χ0) is 16.2. The summed E-state index contributed by atoms with van der Waals surface area (Å²) in [7, 11) is 0. The molecule has 0 aliphatic heterocycles. The molecule has 1 aromatic heterocycles. The van der Waals surface area contributed by atoms with E-state index in [9.17, 15) is 9.90 Å². The Bertz CT molecular complexity index is 708. The Morgan fingerprint density at radius 2 is 2.04 bits per heavy atom. The van der Waals surface area contributed by atoms with E-state index >= 15 is 0 Å². The summed E-state index contributed by atoms with van der Waals surface area (Å²) in [5.74, 6) is 0.815. The molecule has 1 heterocycles. The van der Waals surface area contributed by atoms with Gasteiger partial charge in [-0.3, -0.25) is 4.79 Å². The van der Waals surface area contributed by atoms with Gasteiger partial charge >= 0.3 is 0 Å². The van der Waals surface area contributed by atoms with Crippen LogP contribution in [-0.4, -0.2) is 23.2 Å². The van der Waals surface area contributed by atoms with Crippen molar-refractivity contribution in [3.8, 4) is 0 Å². The average molecular weight is 313 g/mol. The summed E-state index contributed by atoms with van der Waals surface area (Å²) in [6.07, 6.45) is 7.23. The average Bonchev–Trinajstić information content (AvgIpc) is 2.93. The minimum absolute atomic E-state index is 0.0845. The number of fused-ring (bicyclic) bond motifs is 1. The number of aryl methyl sites for hydroxylation is 1. The second-order valence-electron chi connectivity index (χ2n) is 6.14. The third-order valence-corrected chi connectivity index (χ3v) is 4.48. The molecule has 0 spiro atoms. The molecule has 122 valence electrons. The van der Waals surface area contributed by atoms with E-state index in [0.717, 1.165) is 54.4 Å². The van der Waals surface area contributed by atoms with E-state index in [2.05, 4.69) is 5.32 Å². The Morgan fingerprint density at radius 1 is 1.30 bits per heavy atom. The normalized spacial score (nSPS) is 21.8. The number of hydrogen-bond donors (Lipinski definition) is 2. The first-order chi connectivity index (χ1) is 11.2. The Balaban J connectivity index is 1.71. The highest BCUT2D eigenvalue weighted by Crippen LogP contribution is 2.27. The summed E-state index contributed by atoms with van der Waals surface area (Å²) in [6, 6.07) is 8.05. The van der Waals surface area contributed by atoms with Crippen LogP contribution in [-0.2, 0) is 11.2 Å². The predicted molar refractivity (Wildman–Crippen MR) is 91.0 cm³/mol. The molecule has 1 aliphatic carbocycles. The molecule has 1 saturated carbocycles. The molecule has 1 amide bonds. The maximum absolute atomic E-state index is 12.1. The van der Waals surface area contributed by atoms with E-state index in [0.29, 0.717) is 0 Å². The van der Waals surface area contributed by atoms with Gasteiger partial charge in [-0.2, -0.15) is 0 Å². The number of amides is 1. The van der Waals surface area contributed by atoms with Crippen molar-refractivity contribution in [2.75, 3.05) is 0 Å². The molecule has 4 heteroatoms. The summed E-state index contributed by atoms with van der Waals surface area (Å²) in [5, 5.41) is 13.6. The molecule has 0 saturated heterocycles. The van der Waals surface area contributed by atoms with E-state index in [1.165, 1.54) is 0 Å². The van der Waals surface area contributed by atoms with Crippen LogP contribution in [0.5, 0.6) is 0 Å². The van der Waals surface area contributed by atoms with Crippen molar-refractivity contribution in [2.45, 2.75) is 51.2 Å². The highest BCUT2D eigenvalue weighted by atomic mass is 16.3. The number of nitrogens with one attached hydrogen (secondary N) is 1. The predicted octanol–water partition coefficient (Wildman–Crippen LogP) is 3.43. The first-order valence-electron chi connectivity index (χ1n) is 8.34. The number of benzene rings is 1. The van der Waals surface area contributed by atoms with Gasteiger partial charge in [0, 0.05) is 29.5 Å². The molecule has 1 aliphatic rings. The first kappa shape index (κ1) is 15.8. The van der Waals surface area contributed by atoms with Crippen molar-refractivity contribution in [3.05, 3.63) is 41.7 Å². The minimum atomic E-state index is -0.205. The van der Waals surface area contributed by atoms with Crippen LogP contribution in [0.15, 0.2) is 34.8 Å². The first-order valence-corrected chi connectivity index (χ1v) is 8.34. The van der Waals surface area contributed by atoms with Crippen molar-refractivity contribution in [1.29, 1.82) is 0 Å². The van der Waals surface area contributed by atoms with Crippen LogP contribution in [0.25, 0.3) is 17.0 Å². The molecule has 2 N–H and O–H groups in total. The van der Waals surface area contributed by atoms with Gasteiger partial charge in [0.1, 0.15) is 11.3 Å². The molecule has 3 rings (SSSR count). The van der Waals surface area contributed by atoms with Gasteiger partial charge in [-0.25, -0.2) is 0 Å². The molecule has 23 heavy (non-hydrogen) atoms. The van der Waals surface area contributed by atoms with Gasteiger partial charge in [-0.15, -0.1) is 0 Å². The third-order valence-electron chi connectivity index (χ3n) is 4.48. The second-order valence-corrected chi connectivity index (χ2v) is 6.14. The maximum Gasteiger partial charge on any atom is 0.244 e. The van der Waals surface area contributed by atoms with Crippen molar-refractivity contribution in [2.24, 2.45) is 0 Å². The van der Waals surface area contributed by atoms with Gasteiger partial charge in [-0.05, 0) is 37.8 Å². The third kappa shape index (κ3) is 3.64. The molecule has 1 fully saturated rings. The van der Waals surface area contributed by atoms with E-state index in [1.807, 2.05) is 37.3 Å². The number of aliphatic hydroxyl groups excluding tert-OH is 1. The van der Waals surface area contributed by atoms with Gasteiger partial charge in [0.2, 0.25) is 5.91 Å². The fourth-order valence-corrected chi connectivity index (χ4v) is 3.19. The highest BCUT2D eigenvalue weighted by Gasteiger charge is 2.20. The number of aliphatic hydroxyl groups is 1. The fraction of sp³-hybridized carbons (Fsp3) is 0.421. The van der Waals surface area contributed by atoms with Crippen molar-refractivity contribution >= 4 is 23.0 Å². The van der Waals surface area contributed by atoms with Gasteiger partial charge < -0.3 is 14.8 Å². The molecule has 0 unspecified atom stereocenters. The van der Waals surface area contributed by atoms with Gasteiger partial charge in [-0.1, -0.05) is 25.1 Å². The number of carbonyl (C=O) groups is 1. The molecular formula is C19H23NO3. The van der Waals surface area contributed by atoms with Crippen LogP contribution in [0.3, 0.4) is 0 Å². The zero-order valence-corrected chi connectivity index (χ0v) is 13.4. The minimum Gasteiger partial charge on any atom is -0.460 e. The Morgan fingerprint density at radius 3 is 2.78 bits per heavy atom. The van der Waals surface area contributed by atoms with Crippen LogP contribution in [0.2, 0.25) is 0 Å². The van der Waals surface area contributed by atoms with Crippen molar-refractivity contribution in [1.82, 2.24) is 5.32 Å². The second kappa shape index (κ2) is 7.01. The number of carbonyl (C=O) groups excluding carboxylic acids is 1. The fourth-order valence-electron chi connectivity index (χ4n) is 3.19. The van der Waals surface area contributed by atoms with E-state index in [1.54, 1.807) is 6.08 Å². The van der Waals surface area contributed by atoms with Crippen LogP contribution in [0, 0.1) is 0 Å². The zero-order valence-electron chi connectivity index (χ0n) is 13.4. The number of hydrogen-bond acceptors (Lipinski definition) is 3. The Kier molecular flexibility index (Phi) is 4.82. The quantitative estimate of drug-likeness (QED) is 0.850. The Labute approximate surface area is 136 Å². The lowest BCUT2D eigenvalue weighted by molar-refractivity contribution is -0.117. The van der Waals surface area contributed by atoms with Crippen molar-refractivity contribution in [3.63, 3.8) is 0 Å². The summed E-state index contributed by atoms with van der Waals surface area (Å²) in [4.78, 5) is 12.1. The van der Waals surface area contributed by atoms with E-state index in [-0.39, 0.29) is 18.1 Å². The van der Waals surface area contributed by atoms with Crippen LogP contribution >= 0.6 is 0 Å². The molecule has 1 aromatic carbocycles. The maximum atomic E-state index is 12.1. The van der Waals surface area contributed by atoms with Gasteiger partial charge in [0.05, 0.1) is 6.10 Å². The highest BCUT2D eigenvalue weighted by molar-refractivity contribution is 5.96. The SMILES string of the molecule is CCc1oc2ccccc2c1/C=C/C(=O)NC1CCC(O)CC1. The smallest absolute Gasteiger partial charge is 0.244 e. The lowest BCUT2D eigenvalue weighted by Crippen LogP contribution is -2.37. The number of para-hydroxylation sites is 1. The lowest BCUT2D eigenvalue weighted by Gasteiger charge is -2.25. The summed E-state index contributed by atoms with van der Waals surface area (Å²) in [6.45, 7) is 2.04. The van der Waals surface area contributed by atoms with Gasteiger partial charge in [0.15, 0.2) is 0 Å². The largest absolute Gasteiger partial charge is 0.460 e. The van der Waals surface area contributed by atoms with Crippen molar-refractivity contribution < 1.29 is 14.3 Å².